The van der Waals surface area contributed by atoms with E-state index in [2.05, 4.69) is 5.32 Å². The second-order valence-corrected chi connectivity index (χ2v) is 4.96. The zero-order chi connectivity index (χ0) is 13.7. The lowest BCUT2D eigenvalue weighted by Crippen LogP contribution is -2.48. The molecular weight excluding hydrogens is 230 g/mol. The molecule has 0 aromatic heterocycles. The smallest absolute Gasteiger partial charge is 0.266 e. The number of nitrogens with one attached hydrogen (secondary N) is 1. The van der Waals surface area contributed by atoms with Crippen LogP contribution in [0.4, 0.5) is 0 Å². The van der Waals surface area contributed by atoms with E-state index in [0.717, 1.165) is 0 Å². The molecule has 2 unspecified atom stereocenters. The molecule has 0 saturated carbocycles. The van der Waals surface area contributed by atoms with Gasteiger partial charge in [0.1, 0.15) is 11.6 Å². The van der Waals surface area contributed by atoms with Gasteiger partial charge in [0.05, 0.1) is 12.2 Å². The van der Waals surface area contributed by atoms with Gasteiger partial charge in [0.2, 0.25) is 0 Å². The topological polar surface area (TPSA) is 65.4 Å². The van der Waals surface area contributed by atoms with Crippen LogP contribution in [0.2, 0.25) is 0 Å². The Morgan fingerprint density at radius 2 is 2.00 bits per heavy atom. The third-order valence-corrected chi connectivity index (χ3v) is 2.62. The van der Waals surface area contributed by atoms with Crippen LogP contribution < -0.4 is 5.32 Å². The monoisotopic (exact) mass is 251 g/mol. The van der Waals surface area contributed by atoms with Crippen molar-refractivity contribution < 1.29 is 9.53 Å². The molecule has 18 heavy (non-hydrogen) atoms. The third kappa shape index (κ3) is 4.04. The van der Waals surface area contributed by atoms with Crippen LogP contribution in [0.1, 0.15) is 27.7 Å². The zero-order valence-electron chi connectivity index (χ0n) is 11.4. The van der Waals surface area contributed by atoms with Crippen LogP contribution in [0.5, 0.6) is 0 Å². The highest BCUT2D eigenvalue weighted by Crippen LogP contribution is 2.13. The number of nitriles is 1. The van der Waals surface area contributed by atoms with Crippen molar-refractivity contribution in [1.82, 2.24) is 10.2 Å². The van der Waals surface area contributed by atoms with Gasteiger partial charge < -0.3 is 15.0 Å². The Hall–Kier alpha value is -1.54. The van der Waals surface area contributed by atoms with Gasteiger partial charge in [0.25, 0.3) is 5.91 Å². The number of hydrogen-bond donors (Lipinski definition) is 1. The average molecular weight is 251 g/mol. The van der Waals surface area contributed by atoms with Crippen LogP contribution in [-0.2, 0) is 9.53 Å². The SMILES string of the molecule is CC(C)N/C=C(/C#N)C(=O)N1CC(C)OC(C)C1. The molecule has 0 aliphatic carbocycles. The van der Waals surface area contributed by atoms with Crippen LogP contribution >= 0.6 is 0 Å². The van der Waals surface area contributed by atoms with Crippen molar-refractivity contribution >= 4 is 5.91 Å². The Balaban J connectivity index is 2.72. The minimum atomic E-state index is -0.229. The summed E-state index contributed by atoms with van der Waals surface area (Å²) < 4.78 is 5.57. The number of nitrogens with zero attached hydrogens (tertiary/aromatic N) is 2. The lowest BCUT2D eigenvalue weighted by molar-refractivity contribution is -0.138. The number of hydrogen-bond acceptors (Lipinski definition) is 4. The summed E-state index contributed by atoms with van der Waals surface area (Å²) in [4.78, 5) is 13.8. The minimum absolute atomic E-state index is 0.00991. The Morgan fingerprint density at radius 3 is 2.44 bits per heavy atom. The van der Waals surface area contributed by atoms with Crippen LogP contribution in [0.15, 0.2) is 11.8 Å². The summed E-state index contributed by atoms with van der Waals surface area (Å²) >= 11 is 0. The first kappa shape index (κ1) is 14.5. The van der Waals surface area contributed by atoms with E-state index in [1.54, 1.807) is 4.90 Å². The summed E-state index contributed by atoms with van der Waals surface area (Å²) in [6, 6.07) is 2.15. The van der Waals surface area contributed by atoms with Gasteiger partial charge in [-0.25, -0.2) is 0 Å². The van der Waals surface area contributed by atoms with Gasteiger partial charge in [0, 0.05) is 25.3 Å². The Labute approximate surface area is 108 Å². The molecule has 0 spiro atoms. The number of amides is 1. The molecule has 1 amide bonds. The first-order valence-electron chi connectivity index (χ1n) is 6.25. The van der Waals surface area contributed by atoms with Crippen molar-refractivity contribution in [3.05, 3.63) is 11.8 Å². The molecule has 1 heterocycles. The first-order chi connectivity index (χ1) is 8.43. The molecule has 0 aromatic carbocycles. The van der Waals surface area contributed by atoms with Gasteiger partial charge in [-0.05, 0) is 27.7 Å². The molecule has 0 radical (unpaired) electrons. The summed E-state index contributed by atoms with van der Waals surface area (Å²) in [6.45, 7) is 8.83. The van der Waals surface area contributed by atoms with Gasteiger partial charge in [-0.15, -0.1) is 0 Å². The summed E-state index contributed by atoms with van der Waals surface area (Å²) in [5.74, 6) is -0.229. The molecular formula is C13H21N3O2. The highest BCUT2D eigenvalue weighted by atomic mass is 16.5. The number of carbonyl (C=O) groups excluding carboxylic acids is 1. The molecule has 1 rings (SSSR count). The number of carbonyl (C=O) groups is 1. The predicted octanol–water partition coefficient (Wildman–Crippen LogP) is 1.03. The quantitative estimate of drug-likeness (QED) is 0.601. The molecule has 1 fully saturated rings. The summed E-state index contributed by atoms with van der Waals surface area (Å²) in [5.41, 5.74) is 0.144. The normalized spacial score (nSPS) is 24.9. The third-order valence-electron chi connectivity index (χ3n) is 2.62. The van der Waals surface area contributed by atoms with Crippen LogP contribution in [-0.4, -0.2) is 42.1 Å². The van der Waals surface area contributed by atoms with E-state index in [-0.39, 0.29) is 29.7 Å². The Kier molecular flexibility index (Phi) is 5.17. The van der Waals surface area contributed by atoms with E-state index in [1.807, 2.05) is 33.8 Å². The predicted molar refractivity (Wildman–Crippen MR) is 68.6 cm³/mol. The van der Waals surface area contributed by atoms with Crippen molar-refractivity contribution in [3.63, 3.8) is 0 Å². The molecule has 0 bridgehead atoms. The van der Waals surface area contributed by atoms with E-state index in [4.69, 9.17) is 10.00 Å². The largest absolute Gasteiger partial charge is 0.387 e. The maximum atomic E-state index is 12.2. The van der Waals surface area contributed by atoms with Crippen molar-refractivity contribution in [2.24, 2.45) is 0 Å². The van der Waals surface area contributed by atoms with Gasteiger partial charge in [0.15, 0.2) is 0 Å². The van der Waals surface area contributed by atoms with Crippen molar-refractivity contribution in [3.8, 4) is 6.07 Å². The number of rotatable bonds is 3. The van der Waals surface area contributed by atoms with E-state index < -0.39 is 0 Å². The Morgan fingerprint density at radius 1 is 1.44 bits per heavy atom. The summed E-state index contributed by atoms with van der Waals surface area (Å²) in [5, 5.41) is 12.0. The maximum absolute atomic E-state index is 12.2. The van der Waals surface area contributed by atoms with Crippen LogP contribution in [0.3, 0.4) is 0 Å². The fourth-order valence-corrected chi connectivity index (χ4v) is 1.91. The van der Waals surface area contributed by atoms with Gasteiger partial charge in [-0.3, -0.25) is 4.79 Å². The maximum Gasteiger partial charge on any atom is 0.266 e. The van der Waals surface area contributed by atoms with E-state index in [0.29, 0.717) is 13.1 Å². The molecule has 1 N–H and O–H groups in total. The van der Waals surface area contributed by atoms with E-state index >= 15 is 0 Å². The highest BCUT2D eigenvalue weighted by molar-refractivity contribution is 5.97. The summed E-state index contributed by atoms with van der Waals surface area (Å²) in [6.07, 6.45) is 1.52. The minimum Gasteiger partial charge on any atom is -0.387 e. The van der Waals surface area contributed by atoms with Crippen LogP contribution in [0.25, 0.3) is 0 Å². The fourth-order valence-electron chi connectivity index (χ4n) is 1.91. The lowest BCUT2D eigenvalue weighted by atomic mass is 10.2. The second-order valence-electron chi connectivity index (χ2n) is 4.96. The van der Waals surface area contributed by atoms with Crippen molar-refractivity contribution in [2.75, 3.05) is 13.1 Å². The van der Waals surface area contributed by atoms with Gasteiger partial charge >= 0.3 is 0 Å². The van der Waals surface area contributed by atoms with Gasteiger partial charge in [-0.1, -0.05) is 0 Å². The van der Waals surface area contributed by atoms with E-state index in [9.17, 15) is 4.79 Å². The average Bonchev–Trinajstić information content (AvgIpc) is 2.27. The number of ether oxygens (including phenoxy) is 1. The molecule has 1 aliphatic rings. The summed E-state index contributed by atoms with van der Waals surface area (Å²) in [7, 11) is 0. The molecule has 1 saturated heterocycles. The first-order valence-corrected chi connectivity index (χ1v) is 6.25. The zero-order valence-corrected chi connectivity index (χ0v) is 11.4. The van der Waals surface area contributed by atoms with Crippen LogP contribution in [0, 0.1) is 11.3 Å². The van der Waals surface area contributed by atoms with Gasteiger partial charge in [-0.2, -0.15) is 5.26 Å². The molecule has 1 aliphatic heterocycles. The molecule has 5 nitrogen and oxygen atoms in total. The van der Waals surface area contributed by atoms with E-state index in [1.165, 1.54) is 6.20 Å². The molecule has 5 heteroatoms. The van der Waals surface area contributed by atoms with Crippen molar-refractivity contribution in [2.45, 2.75) is 45.9 Å². The molecule has 0 aromatic rings. The molecule has 2 atom stereocenters. The highest BCUT2D eigenvalue weighted by Gasteiger charge is 2.27. The second kappa shape index (κ2) is 6.41. The Bertz CT molecular complexity index is 361. The lowest BCUT2D eigenvalue weighted by Gasteiger charge is -2.35. The fraction of sp³-hybridized carbons (Fsp3) is 0.692. The number of morpholine rings is 1. The molecule has 100 valence electrons. The standard InChI is InChI=1S/C13H21N3O2/c1-9(2)15-6-12(5-14)13(17)16-7-10(3)18-11(4)8-16/h6,9-11,15H,7-8H2,1-4H3/b12-6-. The van der Waals surface area contributed by atoms with Crippen molar-refractivity contribution in [1.29, 1.82) is 5.26 Å².